The van der Waals surface area contributed by atoms with Gasteiger partial charge < -0.3 is 9.47 Å². The predicted octanol–water partition coefficient (Wildman–Crippen LogP) is 6.07. The Hall–Kier alpha value is -1.06. The summed E-state index contributed by atoms with van der Waals surface area (Å²) in [7, 11) is 0. The fourth-order valence-electron chi connectivity index (χ4n) is 3.36. The van der Waals surface area contributed by atoms with E-state index in [-0.39, 0.29) is 17.9 Å². The summed E-state index contributed by atoms with van der Waals surface area (Å²) < 4.78 is 10.4. The van der Waals surface area contributed by atoms with Crippen LogP contribution in [0, 0.1) is 11.8 Å². The van der Waals surface area contributed by atoms with Crippen LogP contribution in [0.1, 0.15) is 105 Å². The van der Waals surface area contributed by atoms with Gasteiger partial charge >= 0.3 is 11.9 Å². The highest BCUT2D eigenvalue weighted by Crippen LogP contribution is 2.27. The molecule has 4 nitrogen and oxygen atoms in total. The summed E-state index contributed by atoms with van der Waals surface area (Å²) in [5.74, 6) is 0.438. The Balaban J connectivity index is 3.81. The van der Waals surface area contributed by atoms with Crippen molar-refractivity contribution in [3.8, 4) is 0 Å². The summed E-state index contributed by atoms with van der Waals surface area (Å²) in [4.78, 5) is 23.6. The fourth-order valence-corrected chi connectivity index (χ4v) is 3.36. The summed E-state index contributed by atoms with van der Waals surface area (Å²) in [6.07, 6.45) is 12.1. The third-order valence-electron chi connectivity index (χ3n) is 4.96. The SMILES string of the molecule is CCCOC(=O)CCCCCCCCC(CC)C(CC)C(=O)OCCC. The lowest BCUT2D eigenvalue weighted by Gasteiger charge is -2.23. The molecule has 0 aromatic rings. The Kier molecular flexibility index (Phi) is 16.7. The zero-order valence-electron chi connectivity index (χ0n) is 17.7. The van der Waals surface area contributed by atoms with E-state index in [0.29, 0.717) is 25.6 Å². The molecule has 0 aromatic heterocycles. The van der Waals surface area contributed by atoms with Gasteiger partial charge in [0.1, 0.15) is 0 Å². The van der Waals surface area contributed by atoms with E-state index in [1.807, 2.05) is 13.8 Å². The van der Waals surface area contributed by atoms with Gasteiger partial charge in [-0.3, -0.25) is 9.59 Å². The number of carbonyl (C=O) groups excluding carboxylic acids is 2. The molecule has 0 saturated heterocycles. The minimum absolute atomic E-state index is 0.00356. The first-order valence-corrected chi connectivity index (χ1v) is 10.9. The molecular formula is C22H42O4. The number of rotatable bonds is 17. The highest BCUT2D eigenvalue weighted by Gasteiger charge is 2.26. The number of esters is 2. The van der Waals surface area contributed by atoms with E-state index in [4.69, 9.17) is 9.47 Å². The lowest BCUT2D eigenvalue weighted by Crippen LogP contribution is -2.25. The topological polar surface area (TPSA) is 52.6 Å². The van der Waals surface area contributed by atoms with E-state index in [1.165, 1.54) is 25.7 Å². The molecular weight excluding hydrogens is 328 g/mol. The molecule has 0 heterocycles. The quantitative estimate of drug-likeness (QED) is 0.230. The second kappa shape index (κ2) is 17.4. The molecule has 26 heavy (non-hydrogen) atoms. The molecule has 0 N–H and O–H groups in total. The van der Waals surface area contributed by atoms with Crippen LogP contribution in [0.15, 0.2) is 0 Å². The van der Waals surface area contributed by atoms with E-state index >= 15 is 0 Å². The number of unbranched alkanes of at least 4 members (excludes halogenated alkanes) is 5. The lowest BCUT2D eigenvalue weighted by atomic mass is 9.84. The summed E-state index contributed by atoms with van der Waals surface area (Å²) >= 11 is 0. The van der Waals surface area contributed by atoms with Crippen LogP contribution in [-0.2, 0) is 19.1 Å². The highest BCUT2D eigenvalue weighted by molar-refractivity contribution is 5.72. The van der Waals surface area contributed by atoms with Crippen molar-refractivity contribution in [1.29, 1.82) is 0 Å². The molecule has 4 heteroatoms. The van der Waals surface area contributed by atoms with Crippen LogP contribution < -0.4 is 0 Å². The predicted molar refractivity (Wildman–Crippen MR) is 107 cm³/mol. The second-order valence-corrected chi connectivity index (χ2v) is 7.23. The van der Waals surface area contributed by atoms with Crippen molar-refractivity contribution in [3.05, 3.63) is 0 Å². The van der Waals surface area contributed by atoms with Gasteiger partial charge in [0.2, 0.25) is 0 Å². The average Bonchev–Trinajstić information content (AvgIpc) is 2.65. The monoisotopic (exact) mass is 370 g/mol. The Morgan fingerprint density at radius 2 is 1.31 bits per heavy atom. The smallest absolute Gasteiger partial charge is 0.309 e. The number of ether oxygens (including phenoxy) is 2. The Morgan fingerprint density at radius 3 is 1.88 bits per heavy atom. The number of carbonyl (C=O) groups is 2. The molecule has 0 fully saturated rings. The van der Waals surface area contributed by atoms with Gasteiger partial charge in [-0.05, 0) is 38.0 Å². The van der Waals surface area contributed by atoms with Gasteiger partial charge in [-0.1, -0.05) is 66.2 Å². The molecule has 0 aliphatic rings. The van der Waals surface area contributed by atoms with Crippen LogP contribution >= 0.6 is 0 Å². The van der Waals surface area contributed by atoms with Crippen molar-refractivity contribution in [2.75, 3.05) is 13.2 Å². The largest absolute Gasteiger partial charge is 0.466 e. The van der Waals surface area contributed by atoms with Crippen LogP contribution in [0.3, 0.4) is 0 Å². The zero-order valence-corrected chi connectivity index (χ0v) is 17.7. The maximum atomic E-state index is 12.2. The molecule has 0 bridgehead atoms. The van der Waals surface area contributed by atoms with Gasteiger partial charge in [0, 0.05) is 6.42 Å². The van der Waals surface area contributed by atoms with Crippen LogP contribution in [0.2, 0.25) is 0 Å². The first-order valence-electron chi connectivity index (χ1n) is 10.9. The van der Waals surface area contributed by atoms with Crippen molar-refractivity contribution in [2.45, 2.75) is 105 Å². The van der Waals surface area contributed by atoms with E-state index in [2.05, 4.69) is 13.8 Å². The molecule has 0 spiro atoms. The summed E-state index contributed by atoms with van der Waals surface area (Å²) in [5, 5.41) is 0. The van der Waals surface area contributed by atoms with Crippen LogP contribution in [0.25, 0.3) is 0 Å². The third-order valence-corrected chi connectivity index (χ3v) is 4.96. The highest BCUT2D eigenvalue weighted by atomic mass is 16.5. The van der Waals surface area contributed by atoms with Gasteiger partial charge in [-0.2, -0.15) is 0 Å². The van der Waals surface area contributed by atoms with Crippen LogP contribution in [-0.4, -0.2) is 25.2 Å². The molecule has 0 rings (SSSR count). The first-order chi connectivity index (χ1) is 12.6. The van der Waals surface area contributed by atoms with E-state index in [0.717, 1.165) is 44.9 Å². The summed E-state index contributed by atoms with van der Waals surface area (Å²) in [5.41, 5.74) is 0. The average molecular weight is 371 g/mol. The van der Waals surface area contributed by atoms with Gasteiger partial charge in [-0.25, -0.2) is 0 Å². The normalized spacial score (nSPS) is 13.2. The van der Waals surface area contributed by atoms with Crippen molar-refractivity contribution >= 4 is 11.9 Å². The van der Waals surface area contributed by atoms with Crippen molar-refractivity contribution in [3.63, 3.8) is 0 Å². The minimum Gasteiger partial charge on any atom is -0.466 e. The lowest BCUT2D eigenvalue weighted by molar-refractivity contribution is -0.151. The molecule has 2 unspecified atom stereocenters. The fraction of sp³-hybridized carbons (Fsp3) is 0.909. The Labute approximate surface area is 161 Å². The standard InChI is InChI=1S/C22H42O4/c1-5-17-25-21(23)16-14-12-10-9-11-13-15-19(7-3)20(8-4)22(24)26-18-6-2/h19-20H,5-18H2,1-4H3. The molecule has 0 aliphatic carbocycles. The summed E-state index contributed by atoms with van der Waals surface area (Å²) in [6, 6.07) is 0. The Bertz CT molecular complexity index is 354. The molecule has 0 radical (unpaired) electrons. The van der Waals surface area contributed by atoms with Gasteiger partial charge in [0.15, 0.2) is 0 Å². The summed E-state index contributed by atoms with van der Waals surface area (Å²) in [6.45, 7) is 9.39. The maximum Gasteiger partial charge on any atom is 0.309 e. The van der Waals surface area contributed by atoms with Crippen LogP contribution in [0.5, 0.6) is 0 Å². The molecule has 0 amide bonds. The minimum atomic E-state index is -0.0572. The van der Waals surface area contributed by atoms with Crippen LogP contribution in [0.4, 0.5) is 0 Å². The molecule has 2 atom stereocenters. The van der Waals surface area contributed by atoms with E-state index < -0.39 is 0 Å². The van der Waals surface area contributed by atoms with E-state index in [1.54, 1.807) is 0 Å². The molecule has 154 valence electrons. The number of hydrogen-bond donors (Lipinski definition) is 0. The van der Waals surface area contributed by atoms with E-state index in [9.17, 15) is 9.59 Å². The van der Waals surface area contributed by atoms with Gasteiger partial charge in [0.25, 0.3) is 0 Å². The molecule has 0 aliphatic heterocycles. The number of hydrogen-bond acceptors (Lipinski definition) is 4. The zero-order chi connectivity index (χ0) is 19.6. The molecule has 0 aromatic carbocycles. The van der Waals surface area contributed by atoms with Crippen molar-refractivity contribution < 1.29 is 19.1 Å². The second-order valence-electron chi connectivity index (χ2n) is 7.23. The molecule has 0 saturated carbocycles. The third kappa shape index (κ3) is 12.3. The maximum absolute atomic E-state index is 12.2. The van der Waals surface area contributed by atoms with Crippen molar-refractivity contribution in [2.24, 2.45) is 11.8 Å². The van der Waals surface area contributed by atoms with Gasteiger partial charge in [0.05, 0.1) is 19.1 Å². The first kappa shape index (κ1) is 24.9. The van der Waals surface area contributed by atoms with Crippen molar-refractivity contribution in [1.82, 2.24) is 0 Å². The Morgan fingerprint density at radius 1 is 0.731 bits per heavy atom. The van der Waals surface area contributed by atoms with Gasteiger partial charge in [-0.15, -0.1) is 0 Å².